The van der Waals surface area contributed by atoms with Gasteiger partial charge in [0.1, 0.15) is 17.5 Å². The number of anilines is 2. The molecule has 0 saturated heterocycles. The Balaban J connectivity index is 2.20. The van der Waals surface area contributed by atoms with E-state index < -0.39 is 0 Å². The SMILES string of the molecule is CCc1nc(NN)c(C)c(NCc2cc(C)c(C)s2)n1. The highest BCUT2D eigenvalue weighted by Crippen LogP contribution is 2.23. The van der Waals surface area contributed by atoms with Crippen LogP contribution in [-0.4, -0.2) is 9.97 Å². The van der Waals surface area contributed by atoms with Crippen molar-refractivity contribution in [1.82, 2.24) is 9.97 Å². The Hall–Kier alpha value is -1.66. The number of nitrogens with zero attached hydrogens (tertiary/aromatic N) is 2. The van der Waals surface area contributed by atoms with Crippen LogP contribution in [0.1, 0.15) is 33.6 Å². The van der Waals surface area contributed by atoms with Crippen LogP contribution >= 0.6 is 11.3 Å². The van der Waals surface area contributed by atoms with Crippen molar-refractivity contribution in [2.45, 2.75) is 40.7 Å². The molecule has 4 N–H and O–H groups in total. The molecule has 5 nitrogen and oxygen atoms in total. The van der Waals surface area contributed by atoms with Crippen LogP contribution in [-0.2, 0) is 13.0 Å². The fourth-order valence-corrected chi connectivity index (χ4v) is 2.93. The second-order valence-electron chi connectivity index (χ2n) is 4.77. The first-order valence-electron chi connectivity index (χ1n) is 6.69. The quantitative estimate of drug-likeness (QED) is 0.583. The zero-order valence-corrected chi connectivity index (χ0v) is 13.2. The summed E-state index contributed by atoms with van der Waals surface area (Å²) in [6.45, 7) is 9.04. The zero-order valence-electron chi connectivity index (χ0n) is 12.4. The fourth-order valence-electron chi connectivity index (χ4n) is 1.94. The molecular formula is C14H21N5S. The van der Waals surface area contributed by atoms with Crippen LogP contribution in [0.4, 0.5) is 11.6 Å². The van der Waals surface area contributed by atoms with Gasteiger partial charge in [-0.2, -0.15) is 0 Å². The lowest BCUT2D eigenvalue weighted by Gasteiger charge is -2.12. The van der Waals surface area contributed by atoms with Gasteiger partial charge in [-0.15, -0.1) is 11.3 Å². The van der Waals surface area contributed by atoms with E-state index in [0.29, 0.717) is 5.82 Å². The molecule has 0 aliphatic rings. The number of aromatic nitrogens is 2. The van der Waals surface area contributed by atoms with Crippen LogP contribution in [0.25, 0.3) is 0 Å². The van der Waals surface area contributed by atoms with E-state index in [2.05, 4.69) is 40.6 Å². The van der Waals surface area contributed by atoms with Crippen molar-refractivity contribution in [3.05, 3.63) is 32.8 Å². The van der Waals surface area contributed by atoms with Crippen LogP contribution in [0.3, 0.4) is 0 Å². The van der Waals surface area contributed by atoms with Crippen molar-refractivity contribution in [1.29, 1.82) is 0 Å². The van der Waals surface area contributed by atoms with Crippen LogP contribution < -0.4 is 16.6 Å². The van der Waals surface area contributed by atoms with E-state index in [4.69, 9.17) is 5.84 Å². The third kappa shape index (κ3) is 3.08. The maximum atomic E-state index is 5.51. The summed E-state index contributed by atoms with van der Waals surface area (Å²) in [7, 11) is 0. The molecule has 108 valence electrons. The van der Waals surface area contributed by atoms with E-state index in [1.165, 1.54) is 15.3 Å². The third-order valence-corrected chi connectivity index (χ3v) is 4.44. The maximum absolute atomic E-state index is 5.51. The van der Waals surface area contributed by atoms with E-state index in [1.807, 2.05) is 25.2 Å². The van der Waals surface area contributed by atoms with Crippen molar-refractivity contribution >= 4 is 23.0 Å². The highest BCUT2D eigenvalue weighted by Gasteiger charge is 2.10. The topological polar surface area (TPSA) is 75.9 Å². The van der Waals surface area contributed by atoms with E-state index in [9.17, 15) is 0 Å². The first-order chi connectivity index (χ1) is 9.55. The molecule has 2 aromatic rings. The predicted octanol–water partition coefficient (Wildman–Crippen LogP) is 2.92. The van der Waals surface area contributed by atoms with Crippen LogP contribution in [0.2, 0.25) is 0 Å². The number of aryl methyl sites for hydroxylation is 3. The molecule has 0 unspecified atom stereocenters. The summed E-state index contributed by atoms with van der Waals surface area (Å²) in [4.78, 5) is 11.6. The second-order valence-corrected chi connectivity index (χ2v) is 6.11. The number of hydrogen-bond donors (Lipinski definition) is 3. The lowest BCUT2D eigenvalue weighted by atomic mass is 10.2. The van der Waals surface area contributed by atoms with E-state index >= 15 is 0 Å². The van der Waals surface area contributed by atoms with Crippen molar-refractivity contribution in [2.75, 3.05) is 10.7 Å². The van der Waals surface area contributed by atoms with Crippen LogP contribution in [0.5, 0.6) is 0 Å². The molecule has 2 rings (SSSR count). The van der Waals surface area contributed by atoms with Gasteiger partial charge >= 0.3 is 0 Å². The van der Waals surface area contributed by atoms with Gasteiger partial charge < -0.3 is 10.7 Å². The lowest BCUT2D eigenvalue weighted by Crippen LogP contribution is -2.14. The number of thiophene rings is 1. The first kappa shape index (κ1) is 14.7. The van der Waals surface area contributed by atoms with Crippen molar-refractivity contribution < 1.29 is 0 Å². The van der Waals surface area contributed by atoms with Gasteiger partial charge in [0.2, 0.25) is 0 Å². The van der Waals surface area contributed by atoms with E-state index in [1.54, 1.807) is 0 Å². The Kier molecular flexibility index (Phi) is 4.57. The number of rotatable bonds is 5. The molecule has 0 aliphatic carbocycles. The Morgan fingerprint density at radius 3 is 2.45 bits per heavy atom. The second kappa shape index (κ2) is 6.19. The summed E-state index contributed by atoms with van der Waals surface area (Å²) < 4.78 is 0. The normalized spacial score (nSPS) is 10.7. The Labute approximate surface area is 123 Å². The summed E-state index contributed by atoms with van der Waals surface area (Å²) in [6, 6.07) is 2.21. The Morgan fingerprint density at radius 2 is 1.90 bits per heavy atom. The average molecular weight is 291 g/mol. The fraction of sp³-hybridized carbons (Fsp3) is 0.429. The molecule has 0 aliphatic heterocycles. The van der Waals surface area contributed by atoms with Gasteiger partial charge in [0.15, 0.2) is 0 Å². The van der Waals surface area contributed by atoms with Gasteiger partial charge in [0, 0.05) is 21.7 Å². The van der Waals surface area contributed by atoms with Crippen molar-refractivity contribution in [3.63, 3.8) is 0 Å². The van der Waals surface area contributed by atoms with Gasteiger partial charge in [-0.1, -0.05) is 6.92 Å². The number of nitrogens with two attached hydrogens (primary N) is 1. The minimum atomic E-state index is 0.679. The summed E-state index contributed by atoms with van der Waals surface area (Å²) in [6.07, 6.45) is 0.779. The third-order valence-electron chi connectivity index (χ3n) is 3.29. The highest BCUT2D eigenvalue weighted by molar-refractivity contribution is 7.12. The molecule has 0 bridgehead atoms. The number of hydrazine groups is 1. The first-order valence-corrected chi connectivity index (χ1v) is 7.50. The van der Waals surface area contributed by atoms with Gasteiger partial charge in [-0.25, -0.2) is 15.8 Å². The lowest BCUT2D eigenvalue weighted by molar-refractivity contribution is 0.922. The summed E-state index contributed by atoms with van der Waals surface area (Å²) >= 11 is 1.81. The summed E-state index contributed by atoms with van der Waals surface area (Å²) in [5.41, 5.74) is 4.91. The molecule has 0 saturated carbocycles. The van der Waals surface area contributed by atoms with E-state index in [-0.39, 0.29) is 0 Å². The van der Waals surface area contributed by atoms with Gasteiger partial charge in [-0.05, 0) is 32.4 Å². The molecule has 6 heteroatoms. The number of nitrogens with one attached hydrogen (secondary N) is 2. The zero-order chi connectivity index (χ0) is 14.7. The largest absolute Gasteiger partial charge is 0.365 e. The Morgan fingerprint density at radius 1 is 1.20 bits per heavy atom. The molecule has 0 radical (unpaired) electrons. The molecule has 2 heterocycles. The molecule has 0 amide bonds. The molecule has 0 atom stereocenters. The van der Waals surface area contributed by atoms with Crippen LogP contribution in [0.15, 0.2) is 6.07 Å². The van der Waals surface area contributed by atoms with Crippen molar-refractivity contribution in [2.24, 2.45) is 5.84 Å². The summed E-state index contributed by atoms with van der Waals surface area (Å²) in [5.74, 6) is 7.81. The smallest absolute Gasteiger partial charge is 0.148 e. The summed E-state index contributed by atoms with van der Waals surface area (Å²) in [5, 5.41) is 3.38. The van der Waals surface area contributed by atoms with Gasteiger partial charge in [0.05, 0.1) is 6.54 Å². The molecule has 0 spiro atoms. The Bertz CT molecular complexity index is 586. The van der Waals surface area contributed by atoms with Crippen molar-refractivity contribution in [3.8, 4) is 0 Å². The number of hydrogen-bond acceptors (Lipinski definition) is 6. The molecular weight excluding hydrogens is 270 g/mol. The molecule has 20 heavy (non-hydrogen) atoms. The van der Waals surface area contributed by atoms with Gasteiger partial charge in [0.25, 0.3) is 0 Å². The van der Waals surface area contributed by atoms with Crippen LogP contribution in [0, 0.1) is 20.8 Å². The monoisotopic (exact) mass is 291 g/mol. The molecule has 0 aromatic carbocycles. The molecule has 2 aromatic heterocycles. The molecule has 0 fully saturated rings. The minimum absolute atomic E-state index is 0.679. The maximum Gasteiger partial charge on any atom is 0.148 e. The average Bonchev–Trinajstić information content (AvgIpc) is 2.76. The van der Waals surface area contributed by atoms with Gasteiger partial charge in [-0.3, -0.25) is 0 Å². The number of nitrogen functional groups attached to an aromatic ring is 1. The predicted molar refractivity (Wildman–Crippen MR) is 85.1 cm³/mol. The minimum Gasteiger partial charge on any atom is -0.365 e. The standard InChI is InChI=1S/C14H21N5S/c1-5-12-17-13(9(3)14(18-12)19-15)16-7-11-6-8(2)10(4)20-11/h6H,5,7,15H2,1-4H3,(H2,16,17,18,19). The van der Waals surface area contributed by atoms with E-state index in [0.717, 1.165) is 30.2 Å². The highest BCUT2D eigenvalue weighted by atomic mass is 32.1.